The maximum atomic E-state index is 12.9. The Morgan fingerprint density at radius 3 is 2.55 bits per heavy atom. The second kappa shape index (κ2) is 14.8. The van der Waals surface area contributed by atoms with Crippen molar-refractivity contribution in [3.63, 3.8) is 0 Å². The molecule has 4 N–H and O–H groups in total. The molecule has 8 nitrogen and oxygen atoms in total. The van der Waals surface area contributed by atoms with Crippen LogP contribution in [0.2, 0.25) is 0 Å². The Hall–Kier alpha value is -2.10. The van der Waals surface area contributed by atoms with E-state index in [1.54, 1.807) is 18.7 Å². The minimum atomic E-state index is -1.27. The lowest BCUT2D eigenvalue weighted by molar-refractivity contribution is -0.143. The van der Waals surface area contributed by atoms with Crippen molar-refractivity contribution >= 4 is 29.6 Å². The third kappa shape index (κ3) is 11.2. The number of hydrogen-bond donors (Lipinski definition) is 3. The van der Waals surface area contributed by atoms with Crippen LogP contribution in [0.1, 0.15) is 45.1 Å². The van der Waals surface area contributed by atoms with Crippen molar-refractivity contribution in [1.29, 1.82) is 0 Å². The number of benzene rings is 1. The summed E-state index contributed by atoms with van der Waals surface area (Å²) in [5.74, 6) is 0.252. The molecule has 9 heteroatoms. The molecule has 0 bridgehead atoms. The van der Waals surface area contributed by atoms with Gasteiger partial charge >= 0.3 is 12.1 Å². The van der Waals surface area contributed by atoms with Crippen molar-refractivity contribution < 1.29 is 23.9 Å². The Morgan fingerprint density at radius 1 is 1.19 bits per heavy atom. The molecule has 1 unspecified atom stereocenters. The molecule has 0 saturated carbocycles. The predicted molar refractivity (Wildman–Crippen MR) is 122 cm³/mol. The third-order valence-electron chi connectivity index (χ3n) is 4.73. The van der Waals surface area contributed by atoms with Gasteiger partial charge in [-0.05, 0) is 43.3 Å². The Balaban J connectivity index is 2.49. The summed E-state index contributed by atoms with van der Waals surface area (Å²) in [7, 11) is 0. The lowest BCUT2D eigenvalue weighted by Gasteiger charge is -2.30. The highest BCUT2D eigenvalue weighted by atomic mass is 32.2. The summed E-state index contributed by atoms with van der Waals surface area (Å²) in [5, 5.41) is 5.54. The summed E-state index contributed by atoms with van der Waals surface area (Å²) in [6, 6.07) is 9.34. The van der Waals surface area contributed by atoms with E-state index in [1.807, 2.05) is 43.5 Å². The summed E-state index contributed by atoms with van der Waals surface area (Å²) in [6.07, 6.45) is 2.80. The van der Waals surface area contributed by atoms with Crippen molar-refractivity contribution in [2.75, 3.05) is 25.3 Å². The fourth-order valence-electron chi connectivity index (χ4n) is 2.84. The molecule has 0 aliphatic rings. The number of nitrogens with one attached hydrogen (secondary N) is 2. The SMILES string of the molecule is CCOC(=O)CCC(C)CC(=O)[C@@](N)(CCSC)NCNC(=O)OCc1ccccc1. The smallest absolute Gasteiger partial charge is 0.408 e. The van der Waals surface area contributed by atoms with Crippen LogP contribution in [0.3, 0.4) is 0 Å². The fourth-order valence-corrected chi connectivity index (χ4v) is 3.36. The number of amides is 1. The van der Waals surface area contributed by atoms with Gasteiger partial charge in [0.2, 0.25) is 0 Å². The van der Waals surface area contributed by atoms with Gasteiger partial charge in [-0.15, -0.1) is 0 Å². The van der Waals surface area contributed by atoms with Crippen LogP contribution < -0.4 is 16.4 Å². The normalized spacial score (nSPS) is 13.7. The monoisotopic (exact) mass is 453 g/mol. The molecule has 1 rings (SSSR count). The standard InChI is InChI=1S/C22H35N3O5S/c1-4-29-20(27)11-10-17(2)14-19(26)22(23,12-13-31-3)25-16-24-21(28)30-15-18-8-6-5-7-9-18/h5-9,17,25H,4,10-16,23H2,1-3H3,(H,24,28)/t17?,22-/m1/s1. The minimum absolute atomic E-state index is 0.00144. The molecule has 0 radical (unpaired) electrons. The van der Waals surface area contributed by atoms with Gasteiger partial charge in [-0.3, -0.25) is 14.9 Å². The Bertz CT molecular complexity index is 689. The van der Waals surface area contributed by atoms with Gasteiger partial charge in [0, 0.05) is 12.8 Å². The molecule has 0 aliphatic heterocycles. The topological polar surface area (TPSA) is 120 Å². The van der Waals surface area contributed by atoms with Crippen molar-refractivity contribution in [1.82, 2.24) is 10.6 Å². The van der Waals surface area contributed by atoms with Crippen LogP contribution in [0.25, 0.3) is 0 Å². The van der Waals surface area contributed by atoms with E-state index in [2.05, 4.69) is 10.6 Å². The van der Waals surface area contributed by atoms with E-state index in [1.165, 1.54) is 0 Å². The van der Waals surface area contributed by atoms with Crippen molar-refractivity contribution in [2.45, 2.75) is 51.8 Å². The zero-order chi connectivity index (χ0) is 23.1. The number of hydrogen-bond acceptors (Lipinski definition) is 8. The Labute approximate surface area is 189 Å². The summed E-state index contributed by atoms with van der Waals surface area (Å²) in [5.41, 5.74) is 5.98. The molecule has 1 amide bonds. The summed E-state index contributed by atoms with van der Waals surface area (Å²) < 4.78 is 10.1. The highest BCUT2D eigenvalue weighted by molar-refractivity contribution is 7.98. The average Bonchev–Trinajstić information content (AvgIpc) is 2.75. The lowest BCUT2D eigenvalue weighted by Crippen LogP contribution is -2.62. The maximum Gasteiger partial charge on any atom is 0.408 e. The summed E-state index contributed by atoms with van der Waals surface area (Å²) in [4.78, 5) is 36.3. The van der Waals surface area contributed by atoms with E-state index in [-0.39, 0.29) is 43.8 Å². The highest BCUT2D eigenvalue weighted by Crippen LogP contribution is 2.18. The highest BCUT2D eigenvalue weighted by Gasteiger charge is 2.33. The second-order valence-electron chi connectivity index (χ2n) is 7.38. The van der Waals surface area contributed by atoms with Crippen LogP contribution in [0.15, 0.2) is 30.3 Å². The van der Waals surface area contributed by atoms with Crippen molar-refractivity contribution in [2.24, 2.45) is 11.7 Å². The molecule has 0 spiro atoms. The van der Waals surface area contributed by atoms with Gasteiger partial charge in [-0.1, -0.05) is 37.3 Å². The van der Waals surface area contributed by atoms with E-state index in [4.69, 9.17) is 15.2 Å². The van der Waals surface area contributed by atoms with E-state index >= 15 is 0 Å². The largest absolute Gasteiger partial charge is 0.466 e. The molecule has 1 aromatic carbocycles. The van der Waals surface area contributed by atoms with E-state index in [0.29, 0.717) is 25.2 Å². The van der Waals surface area contributed by atoms with E-state index < -0.39 is 11.8 Å². The molecular weight excluding hydrogens is 418 g/mol. The first-order chi connectivity index (χ1) is 14.8. The van der Waals surface area contributed by atoms with Crippen LogP contribution in [0.4, 0.5) is 4.79 Å². The number of esters is 1. The van der Waals surface area contributed by atoms with Crippen LogP contribution in [0.5, 0.6) is 0 Å². The van der Waals surface area contributed by atoms with Gasteiger partial charge in [0.05, 0.1) is 13.3 Å². The molecule has 31 heavy (non-hydrogen) atoms. The van der Waals surface area contributed by atoms with Crippen LogP contribution >= 0.6 is 11.8 Å². The third-order valence-corrected chi connectivity index (χ3v) is 5.34. The average molecular weight is 454 g/mol. The van der Waals surface area contributed by atoms with Crippen molar-refractivity contribution in [3.05, 3.63) is 35.9 Å². The molecule has 1 aromatic rings. The van der Waals surface area contributed by atoms with Crippen LogP contribution in [0, 0.1) is 5.92 Å². The Kier molecular flexibility index (Phi) is 12.9. The molecule has 0 saturated heterocycles. The number of alkyl carbamates (subject to hydrolysis) is 1. The van der Waals surface area contributed by atoms with Gasteiger partial charge in [0.1, 0.15) is 12.3 Å². The van der Waals surface area contributed by atoms with E-state index in [9.17, 15) is 14.4 Å². The number of Topliss-reactive ketones (excluding diaryl/α,β-unsaturated/α-hetero) is 1. The molecular formula is C22H35N3O5S. The molecule has 0 fully saturated rings. The molecule has 0 heterocycles. The number of nitrogens with two attached hydrogens (primary N) is 1. The predicted octanol–water partition coefficient (Wildman–Crippen LogP) is 2.81. The lowest BCUT2D eigenvalue weighted by atomic mass is 9.91. The number of ether oxygens (including phenoxy) is 2. The summed E-state index contributed by atoms with van der Waals surface area (Å²) in [6.45, 7) is 4.17. The van der Waals surface area contributed by atoms with Crippen LogP contribution in [-0.4, -0.2) is 48.8 Å². The molecule has 0 aromatic heterocycles. The first-order valence-electron chi connectivity index (χ1n) is 10.5. The molecule has 174 valence electrons. The number of ketones is 1. The maximum absolute atomic E-state index is 12.9. The summed E-state index contributed by atoms with van der Waals surface area (Å²) >= 11 is 1.58. The first-order valence-corrected chi connectivity index (χ1v) is 11.9. The van der Waals surface area contributed by atoms with Gasteiger partial charge in [0.15, 0.2) is 5.78 Å². The quantitative estimate of drug-likeness (QED) is 0.274. The Morgan fingerprint density at radius 2 is 1.90 bits per heavy atom. The minimum Gasteiger partial charge on any atom is -0.466 e. The fraction of sp³-hybridized carbons (Fsp3) is 0.591. The number of thioether (sulfide) groups is 1. The molecule has 2 atom stereocenters. The van der Waals surface area contributed by atoms with Gasteiger partial charge < -0.3 is 20.5 Å². The number of carbonyl (C=O) groups is 3. The number of rotatable bonds is 15. The van der Waals surface area contributed by atoms with E-state index in [0.717, 1.165) is 5.56 Å². The zero-order valence-electron chi connectivity index (χ0n) is 18.6. The van der Waals surface area contributed by atoms with Crippen LogP contribution in [-0.2, 0) is 25.7 Å². The second-order valence-corrected chi connectivity index (χ2v) is 8.37. The van der Waals surface area contributed by atoms with Gasteiger partial charge in [-0.2, -0.15) is 11.8 Å². The van der Waals surface area contributed by atoms with Crippen molar-refractivity contribution in [3.8, 4) is 0 Å². The van der Waals surface area contributed by atoms with Gasteiger partial charge in [0.25, 0.3) is 0 Å². The zero-order valence-corrected chi connectivity index (χ0v) is 19.5. The number of carbonyl (C=O) groups excluding carboxylic acids is 3. The molecule has 0 aliphatic carbocycles. The first kappa shape index (κ1) is 26.9. The van der Waals surface area contributed by atoms with Gasteiger partial charge in [-0.25, -0.2) is 4.79 Å².